The van der Waals surface area contributed by atoms with Crippen LogP contribution in [0.5, 0.6) is 0 Å². The van der Waals surface area contributed by atoms with Crippen LogP contribution in [0.2, 0.25) is 0 Å². The summed E-state index contributed by atoms with van der Waals surface area (Å²) in [5.41, 5.74) is 2.00. The lowest BCUT2D eigenvalue weighted by Gasteiger charge is -2.11. The van der Waals surface area contributed by atoms with Crippen molar-refractivity contribution >= 4 is 39.6 Å². The highest BCUT2D eigenvalue weighted by Gasteiger charge is 2.19. The van der Waals surface area contributed by atoms with Crippen molar-refractivity contribution in [3.8, 4) is 11.3 Å². The fourth-order valence-electron chi connectivity index (χ4n) is 1.88. The normalized spacial score (nSPS) is 11.8. The maximum Gasteiger partial charge on any atom is 0.321 e. The Kier molecular flexibility index (Phi) is 5.84. The monoisotopic (exact) mass is 396 g/mol. The SMILES string of the molecule is CNC(=O)NC(=O)C(C)Sc1ncc(-c2ccc(Br)cc2)n1C. The van der Waals surface area contributed by atoms with Crippen molar-refractivity contribution in [2.45, 2.75) is 17.3 Å². The molecule has 2 rings (SSSR count). The van der Waals surface area contributed by atoms with Crippen LogP contribution in [0, 0.1) is 0 Å². The van der Waals surface area contributed by atoms with Crippen molar-refractivity contribution in [2.24, 2.45) is 7.05 Å². The van der Waals surface area contributed by atoms with E-state index in [1.54, 1.807) is 13.1 Å². The molecule has 0 saturated carbocycles. The predicted molar refractivity (Wildman–Crippen MR) is 94.3 cm³/mol. The average molecular weight is 397 g/mol. The lowest BCUT2D eigenvalue weighted by molar-refractivity contribution is -0.119. The summed E-state index contributed by atoms with van der Waals surface area (Å²) in [6, 6.07) is 7.41. The van der Waals surface area contributed by atoms with E-state index >= 15 is 0 Å². The molecule has 1 atom stereocenters. The molecule has 0 aliphatic heterocycles. The van der Waals surface area contributed by atoms with Gasteiger partial charge in [-0.05, 0) is 24.6 Å². The summed E-state index contributed by atoms with van der Waals surface area (Å²) >= 11 is 4.71. The van der Waals surface area contributed by atoms with Crippen LogP contribution in [0.15, 0.2) is 40.1 Å². The van der Waals surface area contributed by atoms with Crippen LogP contribution < -0.4 is 10.6 Å². The largest absolute Gasteiger partial charge is 0.341 e. The van der Waals surface area contributed by atoms with Gasteiger partial charge in [0.2, 0.25) is 5.91 Å². The Morgan fingerprint density at radius 2 is 1.96 bits per heavy atom. The van der Waals surface area contributed by atoms with E-state index in [0.29, 0.717) is 5.16 Å². The topological polar surface area (TPSA) is 76.0 Å². The summed E-state index contributed by atoms with van der Waals surface area (Å²) in [5, 5.41) is 4.88. The second-order valence-electron chi connectivity index (χ2n) is 4.82. The number of thioether (sulfide) groups is 1. The van der Waals surface area contributed by atoms with Gasteiger partial charge >= 0.3 is 6.03 Å². The van der Waals surface area contributed by atoms with E-state index in [9.17, 15) is 9.59 Å². The Morgan fingerprint density at radius 3 is 2.57 bits per heavy atom. The summed E-state index contributed by atoms with van der Waals surface area (Å²) in [4.78, 5) is 27.5. The first-order valence-corrected chi connectivity index (χ1v) is 8.56. The van der Waals surface area contributed by atoms with E-state index in [-0.39, 0.29) is 5.91 Å². The lowest BCUT2D eigenvalue weighted by atomic mass is 10.2. The van der Waals surface area contributed by atoms with Gasteiger partial charge in [-0.15, -0.1) is 0 Å². The molecule has 1 aromatic carbocycles. The minimum atomic E-state index is -0.516. The van der Waals surface area contributed by atoms with Gasteiger partial charge in [0.25, 0.3) is 0 Å². The number of rotatable bonds is 4. The molecule has 0 radical (unpaired) electrons. The third kappa shape index (κ3) is 4.35. The molecule has 2 N–H and O–H groups in total. The van der Waals surface area contributed by atoms with Gasteiger partial charge in [-0.25, -0.2) is 9.78 Å². The smallest absolute Gasteiger partial charge is 0.321 e. The molecular formula is C15H17BrN4O2S. The summed E-state index contributed by atoms with van der Waals surface area (Å²) in [7, 11) is 3.36. The second kappa shape index (κ2) is 7.65. The van der Waals surface area contributed by atoms with E-state index in [4.69, 9.17) is 0 Å². The second-order valence-corrected chi connectivity index (χ2v) is 7.04. The molecule has 2 aromatic rings. The molecule has 0 aliphatic rings. The molecule has 8 heteroatoms. The van der Waals surface area contributed by atoms with E-state index in [1.165, 1.54) is 18.8 Å². The number of carbonyl (C=O) groups excluding carboxylic acids is 2. The van der Waals surface area contributed by atoms with Crippen molar-refractivity contribution in [2.75, 3.05) is 7.05 Å². The molecular weight excluding hydrogens is 380 g/mol. The molecule has 0 fully saturated rings. The van der Waals surface area contributed by atoms with Gasteiger partial charge < -0.3 is 9.88 Å². The summed E-state index contributed by atoms with van der Waals surface area (Å²) in [6.07, 6.45) is 1.77. The predicted octanol–water partition coefficient (Wildman–Crippen LogP) is 2.79. The zero-order chi connectivity index (χ0) is 17.0. The minimum absolute atomic E-state index is 0.359. The van der Waals surface area contributed by atoms with Crippen LogP contribution in [0.3, 0.4) is 0 Å². The molecule has 1 aromatic heterocycles. The number of carbonyl (C=O) groups is 2. The number of nitrogens with one attached hydrogen (secondary N) is 2. The zero-order valence-electron chi connectivity index (χ0n) is 13.0. The van der Waals surface area contributed by atoms with Crippen LogP contribution in [0.1, 0.15) is 6.92 Å². The zero-order valence-corrected chi connectivity index (χ0v) is 15.4. The van der Waals surface area contributed by atoms with Gasteiger partial charge in [-0.2, -0.15) is 0 Å². The number of halogens is 1. The Morgan fingerprint density at radius 1 is 1.30 bits per heavy atom. The fourth-order valence-corrected chi connectivity index (χ4v) is 3.00. The van der Waals surface area contributed by atoms with Crippen molar-refractivity contribution in [1.82, 2.24) is 20.2 Å². The summed E-state index contributed by atoms with van der Waals surface area (Å²) in [5.74, 6) is -0.359. The number of imide groups is 1. The van der Waals surface area contributed by atoms with Crippen molar-refractivity contribution < 1.29 is 9.59 Å². The average Bonchev–Trinajstić information content (AvgIpc) is 2.89. The lowest BCUT2D eigenvalue weighted by Crippen LogP contribution is -2.41. The van der Waals surface area contributed by atoms with Crippen molar-refractivity contribution in [1.29, 1.82) is 0 Å². The van der Waals surface area contributed by atoms with Crippen molar-refractivity contribution in [3.63, 3.8) is 0 Å². The fraction of sp³-hybridized carbons (Fsp3) is 0.267. The van der Waals surface area contributed by atoms with Crippen LogP contribution in [-0.2, 0) is 11.8 Å². The molecule has 6 nitrogen and oxygen atoms in total. The first-order valence-electron chi connectivity index (χ1n) is 6.89. The summed E-state index contributed by atoms with van der Waals surface area (Å²) < 4.78 is 2.94. The third-order valence-electron chi connectivity index (χ3n) is 3.20. The summed E-state index contributed by atoms with van der Waals surface area (Å²) in [6.45, 7) is 1.73. The Labute approximate surface area is 147 Å². The van der Waals surface area contributed by atoms with E-state index in [2.05, 4.69) is 31.5 Å². The highest BCUT2D eigenvalue weighted by atomic mass is 79.9. The number of imidazole rings is 1. The van der Waals surface area contributed by atoms with Crippen LogP contribution >= 0.6 is 27.7 Å². The van der Waals surface area contributed by atoms with Gasteiger partial charge in [0.15, 0.2) is 5.16 Å². The Balaban J connectivity index is 2.11. The molecule has 1 heterocycles. The van der Waals surface area contributed by atoms with Gasteiger partial charge in [0.1, 0.15) is 0 Å². The standard InChI is InChI=1S/C15H17BrN4O2S/c1-9(13(21)19-14(22)17-2)23-15-18-8-12(20(15)3)10-4-6-11(16)7-5-10/h4-9H,1-3H3,(H2,17,19,21,22). The quantitative estimate of drug-likeness (QED) is 0.778. The van der Waals surface area contributed by atoms with Gasteiger partial charge in [0, 0.05) is 18.6 Å². The van der Waals surface area contributed by atoms with E-state index < -0.39 is 11.3 Å². The molecule has 0 saturated heterocycles. The number of urea groups is 1. The number of aromatic nitrogens is 2. The van der Waals surface area contributed by atoms with E-state index in [1.807, 2.05) is 35.9 Å². The number of hydrogen-bond donors (Lipinski definition) is 2. The highest BCUT2D eigenvalue weighted by Crippen LogP contribution is 2.28. The van der Waals surface area contributed by atoms with Gasteiger partial charge in [0.05, 0.1) is 17.1 Å². The molecule has 122 valence electrons. The molecule has 0 bridgehead atoms. The van der Waals surface area contributed by atoms with Crippen LogP contribution in [-0.4, -0.2) is 33.8 Å². The number of amides is 3. The number of hydrogen-bond acceptors (Lipinski definition) is 4. The maximum atomic E-state index is 11.9. The third-order valence-corrected chi connectivity index (χ3v) is 4.89. The number of benzene rings is 1. The molecule has 1 unspecified atom stereocenters. The highest BCUT2D eigenvalue weighted by molar-refractivity contribution is 9.10. The molecule has 3 amide bonds. The Bertz CT molecular complexity index is 715. The number of nitrogens with zero attached hydrogens (tertiary/aromatic N) is 2. The van der Waals surface area contributed by atoms with Gasteiger partial charge in [-0.3, -0.25) is 10.1 Å². The molecule has 0 spiro atoms. The van der Waals surface area contributed by atoms with E-state index in [0.717, 1.165) is 15.7 Å². The molecule has 0 aliphatic carbocycles. The van der Waals surface area contributed by atoms with Crippen LogP contribution in [0.25, 0.3) is 11.3 Å². The van der Waals surface area contributed by atoms with Crippen molar-refractivity contribution in [3.05, 3.63) is 34.9 Å². The first-order chi connectivity index (χ1) is 10.9. The molecule has 23 heavy (non-hydrogen) atoms. The minimum Gasteiger partial charge on any atom is -0.341 e. The van der Waals surface area contributed by atoms with Gasteiger partial charge in [-0.1, -0.05) is 39.8 Å². The first kappa shape index (κ1) is 17.6. The maximum absolute atomic E-state index is 11.9. The van der Waals surface area contributed by atoms with Crippen LogP contribution in [0.4, 0.5) is 4.79 Å². The Hall–Kier alpha value is -1.80.